The Morgan fingerprint density at radius 2 is 2.38 bits per heavy atom. The van der Waals surface area contributed by atoms with Crippen molar-refractivity contribution in [2.45, 2.75) is 19.4 Å². The molecule has 0 amide bonds. The van der Waals surface area contributed by atoms with Gasteiger partial charge in [-0.05, 0) is 25.5 Å². The van der Waals surface area contributed by atoms with Crippen LogP contribution in [0, 0.1) is 10.1 Å². The number of hydrogen-bond acceptors (Lipinski definition) is 6. The lowest BCUT2D eigenvalue weighted by Crippen LogP contribution is -2.30. The van der Waals surface area contributed by atoms with E-state index < -0.39 is 4.92 Å². The Morgan fingerprint density at radius 3 is 3.05 bits per heavy atom. The van der Waals surface area contributed by atoms with Gasteiger partial charge in [-0.1, -0.05) is 5.16 Å². The molecule has 1 saturated heterocycles. The van der Waals surface area contributed by atoms with Crippen molar-refractivity contribution in [3.8, 4) is 0 Å². The van der Waals surface area contributed by atoms with Crippen molar-refractivity contribution in [2.75, 3.05) is 24.6 Å². The lowest BCUT2D eigenvalue weighted by Gasteiger charge is -2.24. The third-order valence-corrected chi connectivity index (χ3v) is 3.37. The van der Waals surface area contributed by atoms with Crippen LogP contribution in [0.1, 0.15) is 18.9 Å². The summed E-state index contributed by atoms with van der Waals surface area (Å²) in [5.74, 6) is -0.155. The van der Waals surface area contributed by atoms with E-state index >= 15 is 0 Å². The monoisotopic (exact) mass is 294 g/mol. The molecule has 1 heterocycles. The van der Waals surface area contributed by atoms with Gasteiger partial charge in [0, 0.05) is 31.3 Å². The van der Waals surface area contributed by atoms with E-state index in [1.165, 1.54) is 6.07 Å². The van der Waals surface area contributed by atoms with Crippen molar-refractivity contribution < 1.29 is 14.9 Å². The van der Waals surface area contributed by atoms with Crippen molar-refractivity contribution in [1.29, 1.82) is 0 Å². The Labute approximate surface area is 121 Å². The van der Waals surface area contributed by atoms with Crippen molar-refractivity contribution in [1.82, 2.24) is 0 Å². The minimum Gasteiger partial charge on any atom is -0.409 e. The predicted octanol–water partition coefficient (Wildman–Crippen LogP) is 1.30. The number of nitrogens with zero attached hydrogens (tertiary/aromatic N) is 3. The maximum Gasteiger partial charge on any atom is 0.293 e. The number of nitro benzene ring substituents is 1. The molecule has 1 fully saturated rings. The van der Waals surface area contributed by atoms with Crippen LogP contribution in [0.3, 0.4) is 0 Å². The van der Waals surface area contributed by atoms with Crippen LogP contribution in [0.15, 0.2) is 23.4 Å². The summed E-state index contributed by atoms with van der Waals surface area (Å²) in [5.41, 5.74) is 6.25. The van der Waals surface area contributed by atoms with Gasteiger partial charge in [0.2, 0.25) is 0 Å². The van der Waals surface area contributed by atoms with Crippen LogP contribution in [-0.4, -0.2) is 41.8 Å². The summed E-state index contributed by atoms with van der Waals surface area (Å²) in [7, 11) is 0. The highest BCUT2D eigenvalue weighted by Crippen LogP contribution is 2.30. The zero-order valence-electron chi connectivity index (χ0n) is 11.7. The number of hydrogen-bond donors (Lipinski definition) is 2. The van der Waals surface area contributed by atoms with E-state index in [4.69, 9.17) is 15.7 Å². The molecule has 0 aliphatic carbocycles. The van der Waals surface area contributed by atoms with Crippen LogP contribution in [0.4, 0.5) is 11.4 Å². The van der Waals surface area contributed by atoms with Crippen molar-refractivity contribution in [3.05, 3.63) is 33.9 Å². The van der Waals surface area contributed by atoms with Gasteiger partial charge in [0.05, 0.1) is 11.0 Å². The fraction of sp³-hybridized carbons (Fsp3) is 0.462. The average molecular weight is 294 g/mol. The molecule has 1 aromatic rings. The molecule has 1 atom stereocenters. The zero-order chi connectivity index (χ0) is 15.4. The molecule has 2 rings (SSSR count). The molecule has 0 saturated carbocycles. The molecule has 8 nitrogen and oxygen atoms in total. The summed E-state index contributed by atoms with van der Waals surface area (Å²) >= 11 is 0. The third-order valence-electron chi connectivity index (χ3n) is 3.37. The second kappa shape index (κ2) is 6.40. The molecule has 0 spiro atoms. The molecule has 21 heavy (non-hydrogen) atoms. The maximum absolute atomic E-state index is 11.3. The highest BCUT2D eigenvalue weighted by Gasteiger charge is 2.24. The molecule has 1 aromatic carbocycles. The molecule has 8 heteroatoms. The number of anilines is 1. The number of nitrogens with two attached hydrogens (primary N) is 1. The summed E-state index contributed by atoms with van der Waals surface area (Å²) in [6, 6.07) is 4.55. The first-order valence-electron chi connectivity index (χ1n) is 6.66. The van der Waals surface area contributed by atoms with Crippen LogP contribution < -0.4 is 10.6 Å². The standard InChI is InChI=1S/C13H18N4O4/c1-9-8-16(5-2-6-21-9)11-4-3-10(13(14)15-18)7-12(11)17(19)20/h3-4,7,9,18H,2,5-6,8H2,1H3,(H2,14,15). The Hall–Kier alpha value is -2.35. The Bertz CT molecular complexity index is 561. The van der Waals surface area contributed by atoms with Crippen molar-refractivity contribution >= 4 is 17.2 Å². The maximum atomic E-state index is 11.3. The summed E-state index contributed by atoms with van der Waals surface area (Å²) in [5, 5.41) is 22.8. The summed E-state index contributed by atoms with van der Waals surface area (Å²) in [6.45, 7) is 3.86. The van der Waals surface area contributed by atoms with Crippen LogP contribution in [0.5, 0.6) is 0 Å². The number of benzene rings is 1. The topological polar surface area (TPSA) is 114 Å². The van der Waals surface area contributed by atoms with Crippen LogP contribution in [0.2, 0.25) is 0 Å². The van der Waals surface area contributed by atoms with E-state index in [-0.39, 0.29) is 17.6 Å². The Balaban J connectivity index is 2.40. The number of ether oxygens (including phenoxy) is 1. The van der Waals surface area contributed by atoms with Crippen molar-refractivity contribution in [3.63, 3.8) is 0 Å². The van der Waals surface area contributed by atoms with Crippen molar-refractivity contribution in [2.24, 2.45) is 10.9 Å². The fourth-order valence-corrected chi connectivity index (χ4v) is 2.37. The summed E-state index contributed by atoms with van der Waals surface area (Å²) in [6.07, 6.45) is 0.819. The molecule has 1 unspecified atom stereocenters. The summed E-state index contributed by atoms with van der Waals surface area (Å²) in [4.78, 5) is 12.8. The van der Waals surface area contributed by atoms with E-state index in [1.54, 1.807) is 12.1 Å². The fourth-order valence-electron chi connectivity index (χ4n) is 2.37. The highest BCUT2D eigenvalue weighted by molar-refractivity contribution is 5.98. The molecular weight excluding hydrogens is 276 g/mol. The SMILES string of the molecule is CC1CN(c2ccc(C(N)=NO)cc2[N+](=O)[O-])CCCO1. The molecule has 1 aliphatic heterocycles. The summed E-state index contributed by atoms with van der Waals surface area (Å²) < 4.78 is 5.55. The van der Waals surface area contributed by atoms with Crippen LogP contribution in [0.25, 0.3) is 0 Å². The van der Waals surface area contributed by atoms with Gasteiger partial charge in [0.1, 0.15) is 5.69 Å². The first-order valence-corrected chi connectivity index (χ1v) is 6.66. The number of oxime groups is 1. The highest BCUT2D eigenvalue weighted by atomic mass is 16.6. The largest absolute Gasteiger partial charge is 0.409 e. The molecule has 3 N–H and O–H groups in total. The van der Waals surface area contributed by atoms with Gasteiger partial charge in [-0.25, -0.2) is 0 Å². The molecular formula is C13H18N4O4. The lowest BCUT2D eigenvalue weighted by atomic mass is 10.1. The first-order chi connectivity index (χ1) is 10.0. The smallest absolute Gasteiger partial charge is 0.293 e. The van der Waals surface area contributed by atoms with Gasteiger partial charge in [-0.15, -0.1) is 0 Å². The number of rotatable bonds is 3. The molecule has 114 valence electrons. The number of amidine groups is 1. The quantitative estimate of drug-likeness (QED) is 0.285. The third kappa shape index (κ3) is 3.40. The van der Waals surface area contributed by atoms with Gasteiger partial charge >= 0.3 is 0 Å². The molecule has 0 radical (unpaired) electrons. The van der Waals surface area contributed by atoms with Gasteiger partial charge < -0.3 is 20.6 Å². The first kappa shape index (κ1) is 15.0. The minimum absolute atomic E-state index is 0.0101. The van der Waals surface area contributed by atoms with Gasteiger partial charge in [-0.2, -0.15) is 0 Å². The second-order valence-electron chi connectivity index (χ2n) is 4.93. The Morgan fingerprint density at radius 1 is 1.62 bits per heavy atom. The molecule has 0 bridgehead atoms. The lowest BCUT2D eigenvalue weighted by molar-refractivity contribution is -0.384. The molecule has 1 aliphatic rings. The van der Waals surface area contributed by atoms with Gasteiger partial charge in [0.25, 0.3) is 5.69 Å². The zero-order valence-corrected chi connectivity index (χ0v) is 11.7. The van der Waals surface area contributed by atoms with Crippen LogP contribution >= 0.6 is 0 Å². The minimum atomic E-state index is -0.458. The molecule has 0 aromatic heterocycles. The van der Waals surface area contributed by atoms with E-state index in [1.807, 2.05) is 11.8 Å². The van der Waals surface area contributed by atoms with E-state index in [2.05, 4.69) is 5.16 Å². The number of nitro groups is 1. The van der Waals surface area contributed by atoms with E-state index in [9.17, 15) is 10.1 Å². The normalized spacial score (nSPS) is 20.1. The van der Waals surface area contributed by atoms with E-state index in [0.29, 0.717) is 30.9 Å². The van der Waals surface area contributed by atoms with Crippen LogP contribution in [-0.2, 0) is 4.74 Å². The van der Waals surface area contributed by atoms with E-state index in [0.717, 1.165) is 6.42 Å². The van der Waals surface area contributed by atoms with Gasteiger partial charge in [0.15, 0.2) is 5.84 Å². The predicted molar refractivity (Wildman–Crippen MR) is 77.9 cm³/mol. The Kier molecular flexibility index (Phi) is 4.59. The van der Waals surface area contributed by atoms with Gasteiger partial charge in [-0.3, -0.25) is 10.1 Å². The average Bonchev–Trinajstić information content (AvgIpc) is 2.70. The second-order valence-corrected chi connectivity index (χ2v) is 4.93.